The Morgan fingerprint density at radius 3 is 2.86 bits per heavy atom. The van der Waals surface area contributed by atoms with E-state index in [1.54, 1.807) is 6.07 Å². The van der Waals surface area contributed by atoms with Crippen LogP contribution in [0.2, 0.25) is 0 Å². The van der Waals surface area contributed by atoms with Gasteiger partial charge in [-0.3, -0.25) is 0 Å². The first-order chi connectivity index (χ1) is 6.86. The lowest BCUT2D eigenvalue weighted by Gasteiger charge is -2.24. The number of para-hydroxylation sites is 1. The average Bonchev–Trinajstić information content (AvgIpc) is 2.23. The molecule has 3 N–H and O–H groups in total. The molecule has 1 atom stereocenters. The summed E-state index contributed by atoms with van der Waals surface area (Å²) in [5, 5.41) is 16.3. The molecular formula is C11H16N2O. The van der Waals surface area contributed by atoms with Crippen LogP contribution in [0.5, 0.6) is 5.75 Å². The van der Waals surface area contributed by atoms with E-state index in [0.29, 0.717) is 11.8 Å². The molecule has 1 fully saturated rings. The van der Waals surface area contributed by atoms with Crippen molar-refractivity contribution in [1.82, 2.24) is 10.6 Å². The Morgan fingerprint density at radius 1 is 1.29 bits per heavy atom. The van der Waals surface area contributed by atoms with Gasteiger partial charge < -0.3 is 15.7 Å². The number of phenolic OH excluding ortho intramolecular Hbond substituents is 1. The molecule has 3 nitrogen and oxygen atoms in total. The molecule has 0 spiro atoms. The molecule has 76 valence electrons. The van der Waals surface area contributed by atoms with Gasteiger partial charge in [0, 0.05) is 25.7 Å². The van der Waals surface area contributed by atoms with Gasteiger partial charge in [0.25, 0.3) is 0 Å². The van der Waals surface area contributed by atoms with E-state index in [2.05, 4.69) is 10.6 Å². The first-order valence-corrected chi connectivity index (χ1v) is 5.07. The monoisotopic (exact) mass is 192 g/mol. The Morgan fingerprint density at radius 2 is 2.14 bits per heavy atom. The van der Waals surface area contributed by atoms with Crippen LogP contribution in [0, 0.1) is 0 Å². The van der Waals surface area contributed by atoms with Gasteiger partial charge in [0.15, 0.2) is 0 Å². The third-order valence-corrected chi connectivity index (χ3v) is 2.58. The fourth-order valence-electron chi connectivity index (χ4n) is 1.81. The number of hydrogen-bond donors (Lipinski definition) is 3. The van der Waals surface area contributed by atoms with E-state index in [4.69, 9.17) is 0 Å². The third-order valence-electron chi connectivity index (χ3n) is 2.58. The summed E-state index contributed by atoms with van der Waals surface area (Å²) in [5.74, 6) is 0.403. The van der Waals surface area contributed by atoms with Gasteiger partial charge in [0.2, 0.25) is 0 Å². The van der Waals surface area contributed by atoms with Crippen LogP contribution in [-0.4, -0.2) is 30.8 Å². The molecule has 1 aromatic carbocycles. The van der Waals surface area contributed by atoms with Crippen molar-refractivity contribution in [2.75, 3.05) is 19.6 Å². The molecule has 0 radical (unpaired) electrons. The zero-order chi connectivity index (χ0) is 9.80. The summed E-state index contributed by atoms with van der Waals surface area (Å²) in [6, 6.07) is 7.98. The molecule has 1 unspecified atom stereocenters. The molecule has 1 heterocycles. The van der Waals surface area contributed by atoms with Gasteiger partial charge in [-0.05, 0) is 18.1 Å². The number of rotatable bonds is 2. The van der Waals surface area contributed by atoms with Crippen molar-refractivity contribution in [3.63, 3.8) is 0 Å². The standard InChI is InChI=1S/C11H16N2O/c14-11-4-2-1-3-9(11)7-10-8-12-5-6-13-10/h1-4,10,12-14H,5-8H2. The summed E-state index contributed by atoms with van der Waals surface area (Å²) in [5.41, 5.74) is 1.02. The second-order valence-electron chi connectivity index (χ2n) is 3.69. The van der Waals surface area contributed by atoms with Gasteiger partial charge in [-0.1, -0.05) is 18.2 Å². The van der Waals surface area contributed by atoms with Gasteiger partial charge in [0.05, 0.1) is 0 Å². The fraction of sp³-hybridized carbons (Fsp3) is 0.455. The van der Waals surface area contributed by atoms with Gasteiger partial charge >= 0.3 is 0 Å². The van der Waals surface area contributed by atoms with Crippen LogP contribution in [0.3, 0.4) is 0 Å². The largest absolute Gasteiger partial charge is 0.508 e. The van der Waals surface area contributed by atoms with Crippen molar-refractivity contribution < 1.29 is 5.11 Å². The van der Waals surface area contributed by atoms with Gasteiger partial charge in [-0.2, -0.15) is 0 Å². The summed E-state index contributed by atoms with van der Waals surface area (Å²) in [4.78, 5) is 0. The maximum absolute atomic E-state index is 9.59. The molecule has 14 heavy (non-hydrogen) atoms. The van der Waals surface area contributed by atoms with Crippen molar-refractivity contribution in [2.24, 2.45) is 0 Å². The van der Waals surface area contributed by atoms with Crippen LogP contribution in [0.4, 0.5) is 0 Å². The second-order valence-corrected chi connectivity index (χ2v) is 3.69. The van der Waals surface area contributed by atoms with E-state index in [9.17, 15) is 5.11 Å². The highest BCUT2D eigenvalue weighted by Crippen LogP contribution is 2.17. The van der Waals surface area contributed by atoms with Crippen molar-refractivity contribution in [3.8, 4) is 5.75 Å². The SMILES string of the molecule is Oc1ccccc1CC1CNCCN1. The summed E-state index contributed by atoms with van der Waals surface area (Å²) in [6.45, 7) is 3.03. The maximum Gasteiger partial charge on any atom is 0.118 e. The Bertz CT molecular complexity index is 295. The Labute approximate surface area is 84.1 Å². The summed E-state index contributed by atoms with van der Waals surface area (Å²) >= 11 is 0. The Kier molecular flexibility index (Phi) is 3.01. The highest BCUT2D eigenvalue weighted by atomic mass is 16.3. The third kappa shape index (κ3) is 2.25. The van der Waals surface area contributed by atoms with Crippen molar-refractivity contribution in [3.05, 3.63) is 29.8 Å². The molecule has 1 aliphatic heterocycles. The van der Waals surface area contributed by atoms with Crippen molar-refractivity contribution >= 4 is 0 Å². The van der Waals surface area contributed by atoms with E-state index in [1.807, 2.05) is 18.2 Å². The second kappa shape index (κ2) is 4.44. The number of nitrogens with one attached hydrogen (secondary N) is 2. The topological polar surface area (TPSA) is 44.3 Å². The van der Waals surface area contributed by atoms with Crippen LogP contribution in [0.15, 0.2) is 24.3 Å². The minimum Gasteiger partial charge on any atom is -0.508 e. The summed E-state index contributed by atoms with van der Waals surface area (Å²) in [7, 11) is 0. The van der Waals surface area contributed by atoms with E-state index in [1.165, 1.54) is 0 Å². The zero-order valence-corrected chi connectivity index (χ0v) is 8.16. The first-order valence-electron chi connectivity index (χ1n) is 5.07. The Hall–Kier alpha value is -1.06. The predicted molar refractivity (Wildman–Crippen MR) is 56.5 cm³/mol. The molecule has 0 bridgehead atoms. The predicted octanol–water partition coefficient (Wildman–Crippen LogP) is 0.496. The number of benzene rings is 1. The normalized spacial score (nSPS) is 22.1. The lowest BCUT2D eigenvalue weighted by molar-refractivity contribution is 0.407. The number of phenols is 1. The van der Waals surface area contributed by atoms with Gasteiger partial charge in [-0.15, -0.1) is 0 Å². The summed E-state index contributed by atoms with van der Waals surface area (Å²) < 4.78 is 0. The lowest BCUT2D eigenvalue weighted by Crippen LogP contribution is -2.49. The van der Waals surface area contributed by atoms with E-state index in [0.717, 1.165) is 31.6 Å². The number of piperazine rings is 1. The quantitative estimate of drug-likeness (QED) is 0.639. The zero-order valence-electron chi connectivity index (χ0n) is 8.16. The van der Waals surface area contributed by atoms with Gasteiger partial charge in [0.1, 0.15) is 5.75 Å². The molecule has 0 aliphatic carbocycles. The average molecular weight is 192 g/mol. The Balaban J connectivity index is 1.99. The van der Waals surface area contributed by atoms with Crippen LogP contribution in [0.1, 0.15) is 5.56 Å². The molecular weight excluding hydrogens is 176 g/mol. The van der Waals surface area contributed by atoms with E-state index < -0.39 is 0 Å². The molecule has 0 saturated carbocycles. The van der Waals surface area contributed by atoms with Crippen LogP contribution < -0.4 is 10.6 Å². The van der Waals surface area contributed by atoms with Crippen molar-refractivity contribution in [2.45, 2.75) is 12.5 Å². The fourth-order valence-corrected chi connectivity index (χ4v) is 1.81. The summed E-state index contributed by atoms with van der Waals surface area (Å²) in [6.07, 6.45) is 0.889. The van der Waals surface area contributed by atoms with Crippen LogP contribution in [0.25, 0.3) is 0 Å². The molecule has 1 aromatic rings. The molecule has 2 rings (SSSR count). The maximum atomic E-state index is 9.59. The molecule has 1 aliphatic rings. The number of aromatic hydroxyl groups is 1. The highest BCUT2D eigenvalue weighted by molar-refractivity contribution is 5.32. The van der Waals surface area contributed by atoms with Crippen molar-refractivity contribution in [1.29, 1.82) is 0 Å². The molecule has 0 amide bonds. The van der Waals surface area contributed by atoms with E-state index >= 15 is 0 Å². The minimum atomic E-state index is 0.403. The van der Waals surface area contributed by atoms with Gasteiger partial charge in [-0.25, -0.2) is 0 Å². The van der Waals surface area contributed by atoms with E-state index in [-0.39, 0.29) is 0 Å². The molecule has 0 aromatic heterocycles. The smallest absolute Gasteiger partial charge is 0.118 e. The highest BCUT2D eigenvalue weighted by Gasteiger charge is 2.13. The lowest BCUT2D eigenvalue weighted by atomic mass is 10.0. The minimum absolute atomic E-state index is 0.403. The van der Waals surface area contributed by atoms with Crippen LogP contribution >= 0.6 is 0 Å². The molecule has 3 heteroatoms. The first kappa shape index (κ1) is 9.49. The molecule has 1 saturated heterocycles. The number of hydrogen-bond acceptors (Lipinski definition) is 3. The van der Waals surface area contributed by atoms with Crippen LogP contribution in [-0.2, 0) is 6.42 Å².